The Balaban J connectivity index is 0.00000361. The lowest BCUT2D eigenvalue weighted by atomic mass is 10.2. The van der Waals surface area contributed by atoms with E-state index in [-0.39, 0.29) is 36.9 Å². The monoisotopic (exact) mass is 302 g/mol. The Hall–Kier alpha value is -1.30. The summed E-state index contributed by atoms with van der Waals surface area (Å²) >= 11 is 0. The van der Waals surface area contributed by atoms with Crippen LogP contribution in [0, 0.1) is 0 Å². The summed E-state index contributed by atoms with van der Waals surface area (Å²) in [7, 11) is 1.54. The molecule has 0 saturated heterocycles. The molecule has 0 spiro atoms. The molecule has 1 atom stereocenters. The molecule has 0 saturated carbocycles. The van der Waals surface area contributed by atoms with E-state index >= 15 is 0 Å². The highest BCUT2D eigenvalue weighted by molar-refractivity contribution is 5.91. The van der Waals surface area contributed by atoms with Gasteiger partial charge in [0.1, 0.15) is 5.75 Å². The van der Waals surface area contributed by atoms with Crippen LogP contribution in [-0.4, -0.2) is 31.8 Å². The van der Waals surface area contributed by atoms with E-state index in [2.05, 4.69) is 5.32 Å². The molecule has 6 heteroatoms. The Bertz CT molecular complexity index is 392. The lowest BCUT2D eigenvalue weighted by molar-refractivity contribution is -0.118. The van der Waals surface area contributed by atoms with Gasteiger partial charge in [-0.05, 0) is 38.1 Å². The quantitative estimate of drug-likeness (QED) is 0.810. The average Bonchev–Trinajstić information content (AvgIpc) is 2.37. The number of hydrogen-bond donors (Lipinski definition) is 2. The number of ether oxygens (including phenoxy) is 2. The molecular formula is C14H23ClN2O3. The fraction of sp³-hybridized carbons (Fsp3) is 0.500. The van der Waals surface area contributed by atoms with Gasteiger partial charge in [0.05, 0.1) is 18.6 Å². The number of amides is 1. The van der Waals surface area contributed by atoms with Gasteiger partial charge in [0, 0.05) is 19.3 Å². The zero-order chi connectivity index (χ0) is 14.3. The molecule has 0 radical (unpaired) electrons. The van der Waals surface area contributed by atoms with Crippen LogP contribution < -0.4 is 15.8 Å². The molecule has 0 heterocycles. The van der Waals surface area contributed by atoms with Gasteiger partial charge in [0.25, 0.3) is 0 Å². The lowest BCUT2D eigenvalue weighted by Gasteiger charge is -2.13. The molecule has 1 rings (SSSR count). The Morgan fingerprint density at radius 3 is 2.35 bits per heavy atom. The Morgan fingerprint density at radius 2 is 1.90 bits per heavy atom. The van der Waals surface area contributed by atoms with Crippen LogP contribution in [0.2, 0.25) is 0 Å². The third kappa shape index (κ3) is 6.75. The molecule has 0 aliphatic carbocycles. The van der Waals surface area contributed by atoms with Crippen molar-refractivity contribution in [3.05, 3.63) is 24.3 Å². The van der Waals surface area contributed by atoms with Crippen molar-refractivity contribution in [1.82, 2.24) is 0 Å². The summed E-state index contributed by atoms with van der Waals surface area (Å²) in [5, 5.41) is 2.79. The van der Waals surface area contributed by atoms with Crippen LogP contribution in [0.5, 0.6) is 5.75 Å². The molecule has 0 bridgehead atoms. The highest BCUT2D eigenvalue weighted by atomic mass is 35.5. The van der Waals surface area contributed by atoms with Crippen molar-refractivity contribution in [3.63, 3.8) is 0 Å². The van der Waals surface area contributed by atoms with Gasteiger partial charge in [-0.3, -0.25) is 4.79 Å². The molecule has 0 aromatic heterocycles. The van der Waals surface area contributed by atoms with E-state index in [0.717, 1.165) is 11.4 Å². The zero-order valence-electron chi connectivity index (χ0n) is 12.1. The Morgan fingerprint density at radius 1 is 1.30 bits per heavy atom. The van der Waals surface area contributed by atoms with Crippen molar-refractivity contribution in [2.45, 2.75) is 32.5 Å². The fourth-order valence-electron chi connectivity index (χ4n) is 1.57. The van der Waals surface area contributed by atoms with Crippen LogP contribution in [-0.2, 0) is 9.53 Å². The molecule has 0 aliphatic heterocycles. The Labute approximate surface area is 126 Å². The van der Waals surface area contributed by atoms with Crippen LogP contribution in [0.25, 0.3) is 0 Å². The van der Waals surface area contributed by atoms with Gasteiger partial charge in [-0.15, -0.1) is 12.4 Å². The molecule has 1 aromatic rings. The number of anilines is 1. The molecule has 3 N–H and O–H groups in total. The number of carbonyl (C=O) groups excluding carboxylic acids is 1. The number of nitrogens with two attached hydrogens (primary N) is 1. The van der Waals surface area contributed by atoms with Crippen molar-refractivity contribution in [2.24, 2.45) is 5.73 Å². The second-order valence-electron chi connectivity index (χ2n) is 4.54. The minimum atomic E-state index is -0.247. The topological polar surface area (TPSA) is 73.6 Å². The van der Waals surface area contributed by atoms with Crippen LogP contribution in [0.3, 0.4) is 0 Å². The van der Waals surface area contributed by atoms with Crippen molar-refractivity contribution < 1.29 is 14.3 Å². The van der Waals surface area contributed by atoms with E-state index in [1.807, 2.05) is 26.0 Å². The molecule has 1 amide bonds. The number of nitrogens with one attached hydrogen (secondary N) is 1. The number of rotatable bonds is 7. The normalized spacial score (nSPS) is 11.7. The van der Waals surface area contributed by atoms with Crippen LogP contribution in [0.1, 0.15) is 20.3 Å². The maximum atomic E-state index is 11.7. The van der Waals surface area contributed by atoms with Gasteiger partial charge in [-0.2, -0.15) is 0 Å². The first-order chi connectivity index (χ1) is 9.05. The van der Waals surface area contributed by atoms with Crippen LogP contribution in [0.15, 0.2) is 24.3 Å². The average molecular weight is 303 g/mol. The molecule has 1 unspecified atom stereocenters. The SMILES string of the molecule is COC(CN)CC(=O)Nc1ccc(OC(C)C)cc1.Cl. The fourth-order valence-corrected chi connectivity index (χ4v) is 1.57. The number of methoxy groups -OCH3 is 1. The number of halogens is 1. The highest BCUT2D eigenvalue weighted by Crippen LogP contribution is 2.17. The van der Waals surface area contributed by atoms with E-state index in [1.165, 1.54) is 0 Å². The van der Waals surface area contributed by atoms with Gasteiger partial charge in [-0.1, -0.05) is 0 Å². The summed E-state index contributed by atoms with van der Waals surface area (Å²) < 4.78 is 10.6. The third-order valence-electron chi connectivity index (χ3n) is 2.52. The predicted octanol–water partition coefficient (Wildman–Crippen LogP) is 2.20. The van der Waals surface area contributed by atoms with E-state index in [4.69, 9.17) is 15.2 Å². The summed E-state index contributed by atoms with van der Waals surface area (Å²) in [5.74, 6) is 0.666. The van der Waals surface area contributed by atoms with Crippen LogP contribution >= 0.6 is 12.4 Å². The second-order valence-corrected chi connectivity index (χ2v) is 4.54. The summed E-state index contributed by atoms with van der Waals surface area (Å²) in [5.41, 5.74) is 6.20. The van der Waals surface area contributed by atoms with Gasteiger partial charge in [0.15, 0.2) is 0 Å². The van der Waals surface area contributed by atoms with Gasteiger partial charge in [-0.25, -0.2) is 0 Å². The molecule has 0 aliphatic rings. The number of carbonyl (C=O) groups is 1. The summed E-state index contributed by atoms with van der Waals surface area (Å²) in [4.78, 5) is 11.7. The molecule has 1 aromatic carbocycles. The molecule has 5 nitrogen and oxygen atoms in total. The van der Waals surface area contributed by atoms with E-state index in [9.17, 15) is 4.79 Å². The van der Waals surface area contributed by atoms with E-state index in [1.54, 1.807) is 19.2 Å². The standard InChI is InChI=1S/C14H22N2O3.ClH/c1-10(2)19-12-6-4-11(5-7-12)16-14(17)8-13(9-15)18-3;/h4-7,10,13H,8-9,15H2,1-3H3,(H,16,17);1H. The smallest absolute Gasteiger partial charge is 0.227 e. The summed E-state index contributed by atoms with van der Waals surface area (Å²) in [6.07, 6.45) is 0.132. The summed E-state index contributed by atoms with van der Waals surface area (Å²) in [6.45, 7) is 4.26. The number of hydrogen-bond acceptors (Lipinski definition) is 4. The highest BCUT2D eigenvalue weighted by Gasteiger charge is 2.11. The van der Waals surface area contributed by atoms with Crippen molar-refractivity contribution in [3.8, 4) is 5.75 Å². The lowest BCUT2D eigenvalue weighted by Crippen LogP contribution is -2.28. The second kappa shape index (κ2) is 9.58. The largest absolute Gasteiger partial charge is 0.491 e. The van der Waals surface area contributed by atoms with Crippen molar-refractivity contribution in [1.29, 1.82) is 0 Å². The van der Waals surface area contributed by atoms with Crippen LogP contribution in [0.4, 0.5) is 5.69 Å². The van der Waals surface area contributed by atoms with E-state index in [0.29, 0.717) is 6.54 Å². The molecule has 20 heavy (non-hydrogen) atoms. The molecule has 0 fully saturated rings. The minimum absolute atomic E-state index is 0. The first-order valence-electron chi connectivity index (χ1n) is 6.34. The van der Waals surface area contributed by atoms with Gasteiger partial charge in [0.2, 0.25) is 5.91 Å². The van der Waals surface area contributed by atoms with Gasteiger partial charge >= 0.3 is 0 Å². The minimum Gasteiger partial charge on any atom is -0.491 e. The van der Waals surface area contributed by atoms with E-state index < -0.39 is 0 Å². The third-order valence-corrected chi connectivity index (χ3v) is 2.52. The van der Waals surface area contributed by atoms with Crippen molar-refractivity contribution in [2.75, 3.05) is 19.0 Å². The first kappa shape index (κ1) is 18.7. The van der Waals surface area contributed by atoms with Gasteiger partial charge < -0.3 is 20.5 Å². The predicted molar refractivity (Wildman–Crippen MR) is 82.6 cm³/mol. The molecular weight excluding hydrogens is 280 g/mol. The summed E-state index contributed by atoms with van der Waals surface area (Å²) in [6, 6.07) is 7.26. The number of benzene rings is 1. The van der Waals surface area contributed by atoms with Crippen molar-refractivity contribution >= 4 is 24.0 Å². The molecule has 114 valence electrons. The maximum Gasteiger partial charge on any atom is 0.227 e. The Kier molecular flexibility index (Phi) is 8.96. The zero-order valence-corrected chi connectivity index (χ0v) is 12.9. The first-order valence-corrected chi connectivity index (χ1v) is 6.34. The maximum absolute atomic E-state index is 11.7.